The van der Waals surface area contributed by atoms with Gasteiger partial charge in [-0.15, -0.1) is 0 Å². The number of phosphoric acid groups is 1. The van der Waals surface area contributed by atoms with E-state index in [0.717, 1.165) is 44.9 Å². The van der Waals surface area contributed by atoms with Gasteiger partial charge in [0.1, 0.15) is 19.8 Å². The lowest BCUT2D eigenvalue weighted by atomic mass is 10.0. The molecule has 0 fully saturated rings. The summed E-state index contributed by atoms with van der Waals surface area (Å²) in [5.41, 5.74) is 0. The molecule has 0 radical (unpaired) electrons. The van der Waals surface area contributed by atoms with Crippen LogP contribution in [0.5, 0.6) is 0 Å². The average Bonchev–Trinajstić information content (AvgIpc) is 3.27. The van der Waals surface area contributed by atoms with Crippen molar-refractivity contribution in [2.24, 2.45) is 0 Å². The molecule has 0 N–H and O–H groups in total. The molecular weight excluding hydrogens is 846 g/mol. The average molecular weight is 946 g/mol. The zero-order valence-corrected chi connectivity index (χ0v) is 44.0. The zero-order valence-electron chi connectivity index (χ0n) is 43.1. The standard InChI is InChI=1S/C56H100NO8P/c1-6-8-10-12-14-16-18-20-22-23-24-25-26-27-28-29-30-31-32-33-35-36-38-40-42-44-46-48-55(58)62-52-54(53-64-66(60,61)63-51-50-57(3,4)5)65-56(59)49-47-45-43-41-39-37-34-21-19-17-15-13-11-9-7-2/h9,11,15,17,21,23-24,34,39,41,45,47,54H,6-8,10,12-14,16,18-20,22,25-33,35-38,40,42-44,46,48-53H2,1-5H3/b11-9-,17-15-,24-23-,34-21-,41-39-,47-45-. The highest BCUT2D eigenvalue weighted by atomic mass is 31.2. The first-order valence-corrected chi connectivity index (χ1v) is 28.1. The molecule has 0 saturated heterocycles. The van der Waals surface area contributed by atoms with Crippen LogP contribution in [0.15, 0.2) is 72.9 Å². The third-order valence-electron chi connectivity index (χ3n) is 11.2. The zero-order chi connectivity index (χ0) is 48.5. The number of allylic oxidation sites excluding steroid dienone is 11. The van der Waals surface area contributed by atoms with Crippen molar-refractivity contribution in [3.8, 4) is 0 Å². The fourth-order valence-electron chi connectivity index (χ4n) is 7.14. The highest BCUT2D eigenvalue weighted by molar-refractivity contribution is 7.45. The summed E-state index contributed by atoms with van der Waals surface area (Å²) in [6, 6.07) is 0. The first-order valence-electron chi connectivity index (χ1n) is 26.6. The summed E-state index contributed by atoms with van der Waals surface area (Å²) in [5.74, 6) is -0.980. The molecule has 0 spiro atoms. The molecule has 0 aliphatic heterocycles. The molecule has 2 atom stereocenters. The second kappa shape index (κ2) is 47.5. The summed E-state index contributed by atoms with van der Waals surface area (Å²) in [4.78, 5) is 37.6. The predicted molar refractivity (Wildman–Crippen MR) is 277 cm³/mol. The maximum Gasteiger partial charge on any atom is 0.310 e. The molecule has 0 heterocycles. The van der Waals surface area contributed by atoms with E-state index in [0.29, 0.717) is 17.4 Å². The molecule has 2 unspecified atom stereocenters. The van der Waals surface area contributed by atoms with E-state index in [-0.39, 0.29) is 26.1 Å². The quantitative estimate of drug-likeness (QED) is 0.0195. The van der Waals surface area contributed by atoms with Gasteiger partial charge in [0, 0.05) is 6.42 Å². The van der Waals surface area contributed by atoms with Gasteiger partial charge >= 0.3 is 11.9 Å². The van der Waals surface area contributed by atoms with Gasteiger partial charge in [0.15, 0.2) is 6.10 Å². The maximum absolute atomic E-state index is 12.7. The molecule has 0 saturated carbocycles. The third-order valence-corrected chi connectivity index (χ3v) is 12.2. The molecule has 10 heteroatoms. The number of carbonyl (C=O) groups is 2. The van der Waals surface area contributed by atoms with Crippen LogP contribution in [-0.2, 0) is 32.7 Å². The first-order chi connectivity index (χ1) is 32.0. The highest BCUT2D eigenvalue weighted by Crippen LogP contribution is 2.38. The fourth-order valence-corrected chi connectivity index (χ4v) is 7.87. The second-order valence-electron chi connectivity index (χ2n) is 18.9. The lowest BCUT2D eigenvalue weighted by Gasteiger charge is -2.28. The smallest absolute Gasteiger partial charge is 0.310 e. The van der Waals surface area contributed by atoms with Gasteiger partial charge in [0.25, 0.3) is 7.82 Å². The number of phosphoric ester groups is 1. The molecule has 0 aromatic carbocycles. The Morgan fingerprint density at radius 3 is 1.35 bits per heavy atom. The van der Waals surface area contributed by atoms with Crippen molar-refractivity contribution in [1.82, 2.24) is 0 Å². The monoisotopic (exact) mass is 946 g/mol. The lowest BCUT2D eigenvalue weighted by Crippen LogP contribution is -2.37. The van der Waals surface area contributed by atoms with Crippen LogP contribution in [0.3, 0.4) is 0 Å². The minimum atomic E-state index is -4.66. The number of likely N-dealkylation sites (N-methyl/N-ethyl adjacent to an activating group) is 1. The number of hydrogen-bond acceptors (Lipinski definition) is 8. The van der Waals surface area contributed by atoms with E-state index < -0.39 is 32.5 Å². The number of quaternary nitrogens is 1. The van der Waals surface area contributed by atoms with Crippen LogP contribution in [0.2, 0.25) is 0 Å². The maximum atomic E-state index is 12.7. The van der Waals surface area contributed by atoms with Crippen molar-refractivity contribution in [3.05, 3.63) is 72.9 Å². The van der Waals surface area contributed by atoms with Crippen LogP contribution in [0.25, 0.3) is 0 Å². The number of unbranched alkanes of at least 4 members (excludes halogenated alkanes) is 23. The Kier molecular flexibility index (Phi) is 45.7. The Balaban J connectivity index is 4.20. The van der Waals surface area contributed by atoms with Crippen LogP contribution in [0, 0.1) is 0 Å². The molecule has 0 amide bonds. The van der Waals surface area contributed by atoms with E-state index in [2.05, 4.69) is 68.5 Å². The van der Waals surface area contributed by atoms with Crippen molar-refractivity contribution in [3.63, 3.8) is 0 Å². The minimum absolute atomic E-state index is 0.00887. The number of ether oxygens (including phenoxy) is 2. The fraction of sp³-hybridized carbons (Fsp3) is 0.750. The Labute approximate surface area is 406 Å². The van der Waals surface area contributed by atoms with E-state index in [1.165, 1.54) is 141 Å². The van der Waals surface area contributed by atoms with Crippen LogP contribution in [-0.4, -0.2) is 70.0 Å². The van der Waals surface area contributed by atoms with Crippen LogP contribution in [0.1, 0.15) is 219 Å². The van der Waals surface area contributed by atoms with Gasteiger partial charge in [0.2, 0.25) is 0 Å². The molecule has 66 heavy (non-hydrogen) atoms. The Morgan fingerprint density at radius 2 is 0.909 bits per heavy atom. The van der Waals surface area contributed by atoms with Crippen LogP contribution < -0.4 is 4.89 Å². The van der Waals surface area contributed by atoms with E-state index >= 15 is 0 Å². The normalized spacial score (nSPS) is 14.0. The molecule has 0 bridgehead atoms. The van der Waals surface area contributed by atoms with Gasteiger partial charge in [0.05, 0.1) is 34.2 Å². The molecule has 0 aromatic heterocycles. The van der Waals surface area contributed by atoms with E-state index in [1.54, 1.807) is 6.08 Å². The van der Waals surface area contributed by atoms with Gasteiger partial charge in [-0.05, 0) is 64.2 Å². The van der Waals surface area contributed by atoms with Crippen molar-refractivity contribution >= 4 is 19.8 Å². The van der Waals surface area contributed by atoms with E-state index in [9.17, 15) is 19.0 Å². The number of hydrogen-bond donors (Lipinski definition) is 0. The molecule has 382 valence electrons. The predicted octanol–water partition coefficient (Wildman–Crippen LogP) is 15.5. The number of nitrogens with zero attached hydrogens (tertiary/aromatic N) is 1. The van der Waals surface area contributed by atoms with Crippen molar-refractivity contribution in [2.45, 2.75) is 225 Å². The minimum Gasteiger partial charge on any atom is -0.756 e. The van der Waals surface area contributed by atoms with Crippen molar-refractivity contribution < 1.29 is 42.1 Å². The summed E-state index contributed by atoms with van der Waals surface area (Å²) in [5, 5.41) is 0. The second-order valence-corrected chi connectivity index (χ2v) is 20.3. The SMILES string of the molecule is CC/C=C\C/C=C\C/C=C\C/C=C\C/C=C\CC(=O)OC(COC(=O)CCCCCCCCCCCCCCCCC/C=C\CCCCCCCCCC)COP(=O)([O-])OCC[N+](C)(C)C. The first kappa shape index (κ1) is 63.5. The van der Waals surface area contributed by atoms with Gasteiger partial charge in [-0.25, -0.2) is 0 Å². The molecule has 0 rings (SSSR count). The topological polar surface area (TPSA) is 111 Å². The van der Waals surface area contributed by atoms with Crippen molar-refractivity contribution in [1.29, 1.82) is 0 Å². The van der Waals surface area contributed by atoms with E-state index in [1.807, 2.05) is 33.3 Å². The third kappa shape index (κ3) is 50.9. The molecule has 0 aliphatic rings. The highest BCUT2D eigenvalue weighted by Gasteiger charge is 2.21. The Hall–Kier alpha value is -2.55. The summed E-state index contributed by atoms with van der Waals surface area (Å²) >= 11 is 0. The van der Waals surface area contributed by atoms with Gasteiger partial charge < -0.3 is 27.9 Å². The van der Waals surface area contributed by atoms with E-state index in [4.69, 9.17) is 18.5 Å². The van der Waals surface area contributed by atoms with Crippen LogP contribution >= 0.6 is 7.82 Å². The number of esters is 2. The van der Waals surface area contributed by atoms with Crippen molar-refractivity contribution in [2.75, 3.05) is 47.5 Å². The summed E-state index contributed by atoms with van der Waals surface area (Å²) in [7, 11) is 1.11. The molecule has 0 aliphatic carbocycles. The largest absolute Gasteiger partial charge is 0.756 e. The Bertz CT molecular complexity index is 1350. The Morgan fingerprint density at radius 1 is 0.500 bits per heavy atom. The summed E-state index contributed by atoms with van der Waals surface area (Å²) in [6.45, 7) is 4.01. The lowest BCUT2D eigenvalue weighted by molar-refractivity contribution is -0.870. The van der Waals surface area contributed by atoms with Crippen LogP contribution in [0.4, 0.5) is 0 Å². The molecule has 9 nitrogen and oxygen atoms in total. The number of carbonyl (C=O) groups excluding carboxylic acids is 2. The molecule has 0 aromatic rings. The van der Waals surface area contributed by atoms with Gasteiger partial charge in [-0.2, -0.15) is 0 Å². The summed E-state index contributed by atoms with van der Waals surface area (Å²) in [6.07, 6.45) is 61.3. The van der Waals surface area contributed by atoms with Gasteiger partial charge in [-0.3, -0.25) is 14.2 Å². The molecular formula is C56H100NO8P. The number of rotatable bonds is 48. The van der Waals surface area contributed by atoms with Gasteiger partial charge in [-0.1, -0.05) is 215 Å². The summed E-state index contributed by atoms with van der Waals surface area (Å²) < 4.78 is 33.9.